The van der Waals surface area contributed by atoms with E-state index in [0.29, 0.717) is 24.9 Å². The molecule has 1 aromatic carbocycles. The molecule has 0 aromatic heterocycles. The van der Waals surface area contributed by atoms with Crippen LogP contribution in [-0.2, 0) is 44.7 Å². The van der Waals surface area contributed by atoms with Crippen LogP contribution in [0, 0.1) is 34.5 Å². The number of carbonyl (C=O) groups is 7. The number of anilines is 1. The molecule has 65 heavy (non-hydrogen) atoms. The van der Waals surface area contributed by atoms with Gasteiger partial charge in [-0.15, -0.1) is 0 Å². The van der Waals surface area contributed by atoms with E-state index in [1.165, 1.54) is 26.0 Å². The number of Topliss-reactive ketones (excluding diaryl/α,β-unsaturated/α-hetero) is 2. The molecule has 4 fully saturated rings. The van der Waals surface area contributed by atoms with Crippen LogP contribution in [0.15, 0.2) is 48.1 Å². The van der Waals surface area contributed by atoms with Gasteiger partial charge in [-0.1, -0.05) is 52.3 Å². The SMILES string of the molecule is CCCC1O[C@@H]2C[C@H]3[C@@H]4C[C@H](F)C5=CC(=O)C=C[C@]5(C)[C@@]4(F)[C@@H](O)C[C@]3(C)[C@]2(C(=O)CNC(=O)CCc2ccc(NC(=O)[C@H](CCCNC(N)=O)CC(=O)[C@@H](NC(C)=O)C(C)C)cc2)O1. The predicted molar refractivity (Wildman–Crippen MR) is 235 cm³/mol. The van der Waals surface area contributed by atoms with Crippen molar-refractivity contribution in [3.63, 3.8) is 0 Å². The Morgan fingerprint density at radius 2 is 1.74 bits per heavy atom. The maximum Gasteiger partial charge on any atom is 0.312 e. The average molecular weight is 910 g/mol. The summed E-state index contributed by atoms with van der Waals surface area (Å²) in [4.78, 5) is 89.8. The van der Waals surface area contributed by atoms with Gasteiger partial charge in [0.05, 0.1) is 24.8 Å². The van der Waals surface area contributed by atoms with Crippen molar-refractivity contribution < 1.29 is 56.9 Å². The Morgan fingerprint density at radius 3 is 2.38 bits per heavy atom. The van der Waals surface area contributed by atoms with Gasteiger partial charge in [0.25, 0.3) is 0 Å². The van der Waals surface area contributed by atoms with E-state index in [0.717, 1.165) is 11.6 Å². The summed E-state index contributed by atoms with van der Waals surface area (Å²) in [6.07, 6.45) is 0.558. The van der Waals surface area contributed by atoms with E-state index in [2.05, 4.69) is 21.3 Å². The first-order valence-electron chi connectivity index (χ1n) is 22.9. The molecule has 1 unspecified atom stereocenters. The molecular formula is C48H65F2N5O10. The van der Waals surface area contributed by atoms with E-state index in [4.69, 9.17) is 15.2 Å². The molecular weight excluding hydrogens is 845 g/mol. The second kappa shape index (κ2) is 19.5. The first kappa shape index (κ1) is 49.6. The summed E-state index contributed by atoms with van der Waals surface area (Å²) in [7, 11) is 0. The van der Waals surface area contributed by atoms with Gasteiger partial charge in [0.1, 0.15) is 6.17 Å². The van der Waals surface area contributed by atoms with E-state index >= 15 is 8.78 Å². The predicted octanol–water partition coefficient (Wildman–Crippen LogP) is 4.64. The molecule has 12 atom stereocenters. The van der Waals surface area contributed by atoms with Gasteiger partial charge in [0.15, 0.2) is 34.9 Å². The molecule has 0 bridgehead atoms. The van der Waals surface area contributed by atoms with Gasteiger partial charge in [-0.25, -0.2) is 13.6 Å². The topological polar surface area (TPSA) is 232 Å². The minimum absolute atomic E-state index is 0.00741. The van der Waals surface area contributed by atoms with Gasteiger partial charge in [-0.05, 0) is 99.1 Å². The third-order valence-electron chi connectivity index (χ3n) is 14.9. The van der Waals surface area contributed by atoms with Crippen molar-refractivity contribution in [2.75, 3.05) is 18.4 Å². The zero-order valence-corrected chi connectivity index (χ0v) is 38.2. The number of nitrogens with one attached hydrogen (secondary N) is 4. The van der Waals surface area contributed by atoms with Crippen LogP contribution in [0.5, 0.6) is 0 Å². The minimum Gasteiger partial charge on any atom is -0.390 e. The van der Waals surface area contributed by atoms with Gasteiger partial charge in [-0.3, -0.25) is 28.8 Å². The maximum absolute atomic E-state index is 17.8. The number of aliphatic hydroxyl groups excluding tert-OH is 1. The van der Waals surface area contributed by atoms with Crippen LogP contribution in [0.25, 0.3) is 0 Å². The molecule has 1 saturated heterocycles. The van der Waals surface area contributed by atoms with Gasteiger partial charge in [0.2, 0.25) is 17.7 Å². The lowest BCUT2D eigenvalue weighted by molar-refractivity contribution is -0.234. The van der Waals surface area contributed by atoms with Crippen molar-refractivity contribution in [2.24, 2.45) is 40.2 Å². The van der Waals surface area contributed by atoms with Crippen LogP contribution in [0.2, 0.25) is 0 Å². The molecule has 0 radical (unpaired) electrons. The van der Waals surface area contributed by atoms with Crippen molar-refractivity contribution >= 4 is 46.8 Å². The van der Waals surface area contributed by atoms with E-state index in [1.807, 2.05) is 6.92 Å². The quantitative estimate of drug-likeness (QED) is 0.105. The Labute approximate surface area is 378 Å². The van der Waals surface area contributed by atoms with Gasteiger partial charge in [-0.2, -0.15) is 0 Å². The van der Waals surface area contributed by atoms with Crippen molar-refractivity contribution in [1.29, 1.82) is 0 Å². The molecule has 1 heterocycles. The summed E-state index contributed by atoms with van der Waals surface area (Å²) in [6.45, 7) is 9.96. The Kier molecular flexibility index (Phi) is 14.9. The highest BCUT2D eigenvalue weighted by Crippen LogP contribution is 2.72. The lowest BCUT2D eigenvalue weighted by Crippen LogP contribution is -2.71. The number of alkyl halides is 2. The number of ether oxygens (including phenoxy) is 2. The average Bonchev–Trinajstić information content (AvgIpc) is 3.73. The van der Waals surface area contributed by atoms with Crippen LogP contribution in [0.4, 0.5) is 19.3 Å². The van der Waals surface area contributed by atoms with Crippen LogP contribution >= 0.6 is 0 Å². The number of aliphatic hydroxyl groups is 1. The van der Waals surface area contributed by atoms with Gasteiger partial charge >= 0.3 is 6.03 Å². The fraction of sp³-hybridized carbons (Fsp3) is 0.646. The highest BCUT2D eigenvalue weighted by Gasteiger charge is 2.80. The van der Waals surface area contributed by atoms with Crippen LogP contribution in [0.3, 0.4) is 0 Å². The fourth-order valence-corrected chi connectivity index (χ4v) is 11.6. The number of allylic oxidation sites excluding steroid dienone is 4. The van der Waals surface area contributed by atoms with Crippen LogP contribution < -0.4 is 27.0 Å². The molecule has 7 N–H and O–H groups in total. The minimum atomic E-state index is -2.34. The maximum atomic E-state index is 17.8. The van der Waals surface area contributed by atoms with Crippen molar-refractivity contribution in [3.05, 3.63) is 53.6 Å². The number of hydrogen-bond acceptors (Lipinski definition) is 10. The molecule has 4 aliphatic carbocycles. The first-order chi connectivity index (χ1) is 30.6. The second-order valence-corrected chi connectivity index (χ2v) is 19.4. The molecule has 356 valence electrons. The molecule has 5 aliphatic rings. The van der Waals surface area contributed by atoms with E-state index < -0.39 is 107 Å². The molecule has 15 nitrogen and oxygen atoms in total. The number of urea groups is 1. The molecule has 6 rings (SSSR count). The summed E-state index contributed by atoms with van der Waals surface area (Å²) in [5, 5.41) is 22.6. The van der Waals surface area contributed by atoms with E-state index in [-0.39, 0.29) is 74.7 Å². The van der Waals surface area contributed by atoms with Crippen LogP contribution in [-0.4, -0.2) is 101 Å². The molecule has 1 aliphatic heterocycles. The lowest BCUT2D eigenvalue weighted by Gasteiger charge is -2.63. The highest BCUT2D eigenvalue weighted by atomic mass is 19.1. The molecule has 0 spiro atoms. The molecule has 17 heteroatoms. The summed E-state index contributed by atoms with van der Waals surface area (Å²) < 4.78 is 46.8. The third-order valence-corrected chi connectivity index (χ3v) is 14.9. The van der Waals surface area contributed by atoms with Crippen molar-refractivity contribution in [3.8, 4) is 0 Å². The standard InChI is InChI=1S/C48H65F2N5O10/c1-7-9-41-64-39-23-32-33-22-35(49)34-21-31(57)17-18-45(34,5)47(33,50)37(59)24-46(32,6)48(39,65-41)38(60)25-53-40(61)16-13-28-11-14-30(15-12-28)55-43(62)29(10-8-19-52-44(51)63)20-36(58)42(26(2)3)54-27(4)56/h11-12,14-15,17-18,21,26,29,32-33,35,37,39,41-42,59H,7-10,13,16,19-20,22-25H2,1-6H3,(H,53,61)(H,54,56)(H,55,62)(H3,51,52,63)/t29-,32+,33+,35+,37+,39-,41?,42+,45+,46+,47+,48-/m1/s1. The normalized spacial score (nSPS) is 33.1. The Hall–Kier alpha value is -4.87. The largest absolute Gasteiger partial charge is 0.390 e. The number of amides is 5. The Balaban J connectivity index is 1.09. The van der Waals surface area contributed by atoms with E-state index in [1.54, 1.807) is 45.0 Å². The van der Waals surface area contributed by atoms with Crippen molar-refractivity contribution in [2.45, 2.75) is 148 Å². The zero-order valence-electron chi connectivity index (χ0n) is 38.2. The smallest absolute Gasteiger partial charge is 0.312 e. The van der Waals surface area contributed by atoms with Gasteiger partial charge < -0.3 is 41.6 Å². The molecule has 5 amide bonds. The molecule has 3 saturated carbocycles. The highest BCUT2D eigenvalue weighted by molar-refractivity contribution is 6.01. The number of carbonyl (C=O) groups excluding carboxylic acids is 7. The van der Waals surface area contributed by atoms with E-state index in [9.17, 15) is 38.7 Å². The van der Waals surface area contributed by atoms with Crippen LogP contribution in [0.1, 0.15) is 105 Å². The number of primary amides is 1. The second-order valence-electron chi connectivity index (χ2n) is 19.4. The lowest BCUT2D eigenvalue weighted by atomic mass is 9.44. The summed E-state index contributed by atoms with van der Waals surface area (Å²) in [5.74, 6) is -5.05. The monoisotopic (exact) mass is 909 g/mol. The number of benzene rings is 1. The number of halogens is 2. The third kappa shape index (κ3) is 9.42. The Bertz CT molecular complexity index is 2100. The number of nitrogens with two attached hydrogens (primary N) is 1. The molecule has 1 aromatic rings. The summed E-state index contributed by atoms with van der Waals surface area (Å²) in [6, 6.07) is 5.34. The number of hydrogen-bond donors (Lipinski definition) is 6. The number of fused-ring (bicyclic) bond motifs is 7. The Morgan fingerprint density at radius 1 is 1.03 bits per heavy atom. The van der Waals surface area contributed by atoms with Crippen molar-refractivity contribution in [1.82, 2.24) is 16.0 Å². The summed E-state index contributed by atoms with van der Waals surface area (Å²) in [5.41, 5.74) is -0.373. The fourth-order valence-electron chi connectivity index (χ4n) is 11.6. The number of aryl methyl sites for hydroxylation is 1. The first-order valence-corrected chi connectivity index (χ1v) is 22.9. The zero-order chi connectivity index (χ0) is 47.6. The number of rotatable bonds is 19. The van der Waals surface area contributed by atoms with Gasteiger partial charge in [0, 0.05) is 54.7 Å². The number of ketones is 3. The summed E-state index contributed by atoms with van der Waals surface area (Å²) >= 11 is 0.